The Hall–Kier alpha value is -4.43. The van der Waals surface area contributed by atoms with E-state index in [-0.39, 0.29) is 17.5 Å². The fourth-order valence-electron chi connectivity index (χ4n) is 5.96. The van der Waals surface area contributed by atoms with Gasteiger partial charge in [0, 0.05) is 32.8 Å². The molecule has 6 rings (SSSR count). The van der Waals surface area contributed by atoms with E-state index in [2.05, 4.69) is 38.2 Å². The van der Waals surface area contributed by atoms with Crippen LogP contribution in [0.1, 0.15) is 73.1 Å². The average molecular weight is 623 g/mol. The van der Waals surface area contributed by atoms with Gasteiger partial charge >= 0.3 is 5.97 Å². The number of thiophene rings is 1. The lowest BCUT2D eigenvalue weighted by atomic mass is 9.87. The fraction of sp³-hybridized carbons (Fsp3) is 0.324. The number of hydrogen-bond acceptors (Lipinski definition) is 6. The summed E-state index contributed by atoms with van der Waals surface area (Å²) in [5, 5.41) is 14.5. The van der Waals surface area contributed by atoms with E-state index < -0.39 is 17.9 Å². The molecule has 3 heterocycles. The second kappa shape index (κ2) is 12.9. The second-order valence-corrected chi connectivity index (χ2v) is 14.1. The number of ether oxygens (including phenoxy) is 1. The van der Waals surface area contributed by atoms with E-state index in [1.165, 1.54) is 29.7 Å². The molecule has 0 radical (unpaired) electrons. The Kier molecular flexibility index (Phi) is 8.76. The van der Waals surface area contributed by atoms with E-state index in [1.807, 2.05) is 48.5 Å². The highest BCUT2D eigenvalue weighted by Gasteiger charge is 2.25. The first-order valence-corrected chi connectivity index (χ1v) is 16.3. The normalized spacial score (nSPS) is 14.5. The van der Waals surface area contributed by atoms with E-state index in [4.69, 9.17) is 14.1 Å². The lowest BCUT2D eigenvalue weighted by Crippen LogP contribution is -2.42. The second-order valence-electron chi connectivity index (χ2n) is 12.9. The van der Waals surface area contributed by atoms with Crippen LogP contribution in [0.2, 0.25) is 0 Å². The van der Waals surface area contributed by atoms with Crippen LogP contribution >= 0.6 is 11.3 Å². The SMILES string of the molecule is CC(C)(C)c1ccc(Oc2ccc3cc(C(=O)N[C@H](Cc4ccc(-c5ccoc5)s4)C(=O)O)nc(CC4CCCC4)c3c2)cc1. The maximum atomic E-state index is 13.5. The van der Waals surface area contributed by atoms with Crippen molar-refractivity contribution in [3.63, 3.8) is 0 Å². The molecule has 8 heteroatoms. The van der Waals surface area contributed by atoms with Gasteiger partial charge in [-0.2, -0.15) is 0 Å². The van der Waals surface area contributed by atoms with Crippen LogP contribution in [-0.4, -0.2) is 28.0 Å². The molecular formula is C37H38N2O5S. The Labute approximate surface area is 267 Å². The minimum atomic E-state index is -1.09. The fourth-order valence-corrected chi connectivity index (χ4v) is 7.00. The molecule has 7 nitrogen and oxygen atoms in total. The van der Waals surface area contributed by atoms with Crippen molar-refractivity contribution in [2.24, 2.45) is 5.92 Å². The summed E-state index contributed by atoms with van der Waals surface area (Å²) >= 11 is 1.48. The number of fused-ring (bicyclic) bond motifs is 1. The number of carboxylic acids is 1. The van der Waals surface area contributed by atoms with Gasteiger partial charge in [0.2, 0.25) is 0 Å². The van der Waals surface area contributed by atoms with Gasteiger partial charge in [0.05, 0.1) is 12.5 Å². The molecule has 0 bridgehead atoms. The van der Waals surface area contributed by atoms with Crippen molar-refractivity contribution in [3.05, 3.63) is 101 Å². The predicted molar refractivity (Wildman–Crippen MR) is 177 cm³/mol. The number of aliphatic carboxylic acids is 1. The predicted octanol–water partition coefficient (Wildman–Crippen LogP) is 8.80. The summed E-state index contributed by atoms with van der Waals surface area (Å²) in [5.41, 5.74) is 3.29. The summed E-state index contributed by atoms with van der Waals surface area (Å²) in [5.74, 6) is 0.373. The zero-order valence-corrected chi connectivity index (χ0v) is 26.7. The van der Waals surface area contributed by atoms with Crippen molar-refractivity contribution < 1.29 is 23.8 Å². The van der Waals surface area contributed by atoms with E-state index in [1.54, 1.807) is 18.6 Å². The molecule has 0 saturated heterocycles. The summed E-state index contributed by atoms with van der Waals surface area (Å²) in [6, 6.07) is 20.3. The van der Waals surface area contributed by atoms with Gasteiger partial charge in [-0.15, -0.1) is 11.3 Å². The Morgan fingerprint density at radius 3 is 2.47 bits per heavy atom. The van der Waals surface area contributed by atoms with Crippen LogP contribution in [0, 0.1) is 5.92 Å². The monoisotopic (exact) mass is 622 g/mol. The number of benzene rings is 2. The highest BCUT2D eigenvalue weighted by atomic mass is 32.1. The summed E-state index contributed by atoms with van der Waals surface area (Å²) in [7, 11) is 0. The maximum absolute atomic E-state index is 13.5. The number of pyridine rings is 1. The van der Waals surface area contributed by atoms with Crippen LogP contribution < -0.4 is 10.1 Å². The summed E-state index contributed by atoms with van der Waals surface area (Å²) < 4.78 is 11.4. The van der Waals surface area contributed by atoms with Crippen molar-refractivity contribution in [2.75, 3.05) is 0 Å². The van der Waals surface area contributed by atoms with Gasteiger partial charge in [-0.3, -0.25) is 4.79 Å². The molecule has 232 valence electrons. The van der Waals surface area contributed by atoms with Crippen molar-refractivity contribution in [3.8, 4) is 21.9 Å². The summed E-state index contributed by atoms with van der Waals surface area (Å²) in [6.07, 6.45) is 8.86. The molecule has 0 unspecified atom stereocenters. The van der Waals surface area contributed by atoms with Crippen LogP contribution in [0.25, 0.3) is 21.2 Å². The highest BCUT2D eigenvalue weighted by Crippen LogP contribution is 2.34. The average Bonchev–Trinajstić information content (AvgIpc) is 3.80. The Morgan fingerprint density at radius 1 is 1.02 bits per heavy atom. The molecule has 1 saturated carbocycles. The summed E-state index contributed by atoms with van der Waals surface area (Å²) in [4.78, 5) is 32.4. The van der Waals surface area contributed by atoms with Crippen LogP contribution in [0.3, 0.4) is 0 Å². The van der Waals surface area contributed by atoms with Crippen LogP contribution in [-0.2, 0) is 23.1 Å². The van der Waals surface area contributed by atoms with Gasteiger partial charge in [0.25, 0.3) is 5.91 Å². The van der Waals surface area contributed by atoms with Gasteiger partial charge in [-0.1, -0.05) is 64.7 Å². The number of furan rings is 1. The number of nitrogens with zero attached hydrogens (tertiary/aromatic N) is 1. The highest BCUT2D eigenvalue weighted by molar-refractivity contribution is 7.15. The van der Waals surface area contributed by atoms with Crippen molar-refractivity contribution in [1.82, 2.24) is 10.3 Å². The molecule has 1 aliphatic carbocycles. The first-order chi connectivity index (χ1) is 21.6. The number of rotatable bonds is 10. The van der Waals surface area contributed by atoms with Gasteiger partial charge in [-0.25, -0.2) is 9.78 Å². The first-order valence-electron chi connectivity index (χ1n) is 15.5. The van der Waals surface area contributed by atoms with Crippen LogP contribution in [0.5, 0.6) is 11.5 Å². The third-order valence-corrected chi connectivity index (χ3v) is 9.66. The maximum Gasteiger partial charge on any atom is 0.326 e. The number of carbonyl (C=O) groups is 2. The van der Waals surface area contributed by atoms with E-state index in [9.17, 15) is 14.7 Å². The molecule has 0 spiro atoms. The van der Waals surface area contributed by atoms with Crippen LogP contribution in [0.15, 0.2) is 83.7 Å². The molecule has 3 aromatic heterocycles. The largest absolute Gasteiger partial charge is 0.480 e. The number of carboxylic acid groups (broad SMARTS) is 1. The Bertz CT molecular complexity index is 1800. The number of aromatic nitrogens is 1. The molecule has 1 atom stereocenters. The van der Waals surface area contributed by atoms with Crippen molar-refractivity contribution >= 4 is 34.0 Å². The molecular weight excluding hydrogens is 584 g/mol. The lowest BCUT2D eigenvalue weighted by molar-refractivity contribution is -0.139. The van der Waals surface area contributed by atoms with E-state index in [0.29, 0.717) is 11.7 Å². The van der Waals surface area contributed by atoms with Gasteiger partial charge in [-0.05, 0) is 77.2 Å². The smallest absolute Gasteiger partial charge is 0.326 e. The molecule has 5 aromatic rings. The standard InChI is InChI=1S/C37H38N2O5S/c1-37(2,3)26-9-12-27(13-10-26)44-28-11-8-24-19-32(38-31(30(24)20-28)18-23-6-4-5-7-23)35(40)39-33(36(41)42)21-29-14-15-34(45-29)25-16-17-43-22-25/h8-17,19-20,22-23,33H,4-7,18,21H2,1-3H3,(H,39,40)(H,41,42)/t33-/m1/s1. The molecule has 0 aliphatic heterocycles. The Morgan fingerprint density at radius 2 is 1.78 bits per heavy atom. The van der Waals surface area contributed by atoms with E-state index in [0.717, 1.165) is 56.8 Å². The number of carbonyl (C=O) groups excluding carboxylic acids is 1. The van der Waals surface area contributed by atoms with Crippen molar-refractivity contribution in [2.45, 2.75) is 70.8 Å². The zero-order valence-electron chi connectivity index (χ0n) is 25.8. The molecule has 2 aromatic carbocycles. The van der Waals surface area contributed by atoms with Crippen molar-refractivity contribution in [1.29, 1.82) is 0 Å². The van der Waals surface area contributed by atoms with Gasteiger partial charge in [0.15, 0.2) is 0 Å². The van der Waals surface area contributed by atoms with Gasteiger partial charge in [0.1, 0.15) is 23.2 Å². The van der Waals surface area contributed by atoms with Gasteiger partial charge < -0.3 is 19.6 Å². The van der Waals surface area contributed by atoms with Crippen LogP contribution in [0.4, 0.5) is 0 Å². The molecule has 1 fully saturated rings. The molecule has 45 heavy (non-hydrogen) atoms. The lowest BCUT2D eigenvalue weighted by Gasteiger charge is -2.19. The Balaban J connectivity index is 1.24. The first kappa shape index (κ1) is 30.6. The minimum Gasteiger partial charge on any atom is -0.480 e. The zero-order chi connectivity index (χ0) is 31.6. The quantitative estimate of drug-likeness (QED) is 0.161. The third-order valence-electron chi connectivity index (χ3n) is 8.50. The molecule has 1 amide bonds. The molecule has 1 aliphatic rings. The number of amides is 1. The number of hydrogen-bond donors (Lipinski definition) is 2. The third kappa shape index (κ3) is 7.28. The summed E-state index contributed by atoms with van der Waals surface area (Å²) in [6.45, 7) is 6.55. The topological polar surface area (TPSA) is 102 Å². The van der Waals surface area contributed by atoms with E-state index >= 15 is 0 Å². The molecule has 2 N–H and O–H groups in total. The number of nitrogens with one attached hydrogen (secondary N) is 1. The minimum absolute atomic E-state index is 0.0604.